The highest BCUT2D eigenvalue weighted by Gasteiger charge is 2.10. The summed E-state index contributed by atoms with van der Waals surface area (Å²) in [5, 5.41) is 9.79. The van der Waals surface area contributed by atoms with Crippen LogP contribution < -0.4 is 10.6 Å². The van der Waals surface area contributed by atoms with E-state index in [1.165, 1.54) is 0 Å². The number of carbonyl (C=O) groups is 1. The lowest BCUT2D eigenvalue weighted by atomic mass is 10.2. The molecule has 6 heteroatoms. The average Bonchev–Trinajstić information content (AvgIpc) is 2.95. The number of para-hydroxylation sites is 1. The van der Waals surface area contributed by atoms with Crippen molar-refractivity contribution in [2.75, 3.05) is 10.6 Å². The van der Waals surface area contributed by atoms with Gasteiger partial charge in [-0.3, -0.25) is 9.78 Å². The molecule has 0 bridgehead atoms. The second-order valence-corrected chi connectivity index (χ2v) is 5.15. The van der Waals surface area contributed by atoms with Crippen LogP contribution >= 0.6 is 0 Å². The van der Waals surface area contributed by atoms with Gasteiger partial charge in [0.25, 0.3) is 5.91 Å². The standard InChI is InChI=1S/C17H16N4O2/c1-11-5-3-4-6-14(11)20-17(22)15-10-13(7-8-18-15)19-16-9-12(2)23-21-16/h3-10H,1-2H3,(H,20,22)(H,18,19,21). The summed E-state index contributed by atoms with van der Waals surface area (Å²) in [6.45, 7) is 3.75. The fourth-order valence-electron chi connectivity index (χ4n) is 2.11. The minimum Gasteiger partial charge on any atom is -0.360 e. The molecule has 0 spiro atoms. The molecule has 6 nitrogen and oxygen atoms in total. The van der Waals surface area contributed by atoms with E-state index in [1.54, 1.807) is 24.4 Å². The maximum Gasteiger partial charge on any atom is 0.274 e. The fourth-order valence-corrected chi connectivity index (χ4v) is 2.11. The van der Waals surface area contributed by atoms with Crippen LogP contribution in [-0.4, -0.2) is 16.0 Å². The number of anilines is 3. The topological polar surface area (TPSA) is 80.0 Å². The van der Waals surface area contributed by atoms with E-state index in [0.29, 0.717) is 23.0 Å². The third-order valence-electron chi connectivity index (χ3n) is 3.29. The number of amides is 1. The predicted octanol–water partition coefficient (Wildman–Crippen LogP) is 3.68. The number of benzene rings is 1. The summed E-state index contributed by atoms with van der Waals surface area (Å²) in [6.07, 6.45) is 1.57. The Bertz CT molecular complexity index is 842. The number of hydrogen-bond acceptors (Lipinski definition) is 5. The average molecular weight is 308 g/mol. The first-order valence-electron chi connectivity index (χ1n) is 7.15. The van der Waals surface area contributed by atoms with Crippen molar-refractivity contribution in [3.05, 3.63) is 65.7 Å². The van der Waals surface area contributed by atoms with E-state index in [2.05, 4.69) is 20.8 Å². The van der Waals surface area contributed by atoms with Gasteiger partial charge < -0.3 is 15.2 Å². The Labute approximate surface area is 133 Å². The van der Waals surface area contributed by atoms with Gasteiger partial charge >= 0.3 is 0 Å². The summed E-state index contributed by atoms with van der Waals surface area (Å²) < 4.78 is 5.00. The van der Waals surface area contributed by atoms with Crippen LogP contribution in [0.15, 0.2) is 53.2 Å². The first-order chi connectivity index (χ1) is 11.1. The molecule has 3 aromatic rings. The van der Waals surface area contributed by atoms with Crippen LogP contribution in [0.3, 0.4) is 0 Å². The number of rotatable bonds is 4. The molecule has 0 aliphatic heterocycles. The van der Waals surface area contributed by atoms with Crippen molar-refractivity contribution >= 4 is 23.1 Å². The number of hydrogen-bond donors (Lipinski definition) is 2. The Hall–Kier alpha value is -3.15. The van der Waals surface area contributed by atoms with Crippen LogP contribution in [0.25, 0.3) is 0 Å². The van der Waals surface area contributed by atoms with Gasteiger partial charge in [0.15, 0.2) is 5.82 Å². The summed E-state index contributed by atoms with van der Waals surface area (Å²) in [5.74, 6) is 1.03. The smallest absolute Gasteiger partial charge is 0.274 e. The highest BCUT2D eigenvalue weighted by atomic mass is 16.5. The van der Waals surface area contributed by atoms with Crippen LogP contribution in [-0.2, 0) is 0 Å². The van der Waals surface area contributed by atoms with E-state index < -0.39 is 0 Å². The summed E-state index contributed by atoms with van der Waals surface area (Å²) in [6, 6.07) is 12.8. The van der Waals surface area contributed by atoms with E-state index in [9.17, 15) is 4.79 Å². The van der Waals surface area contributed by atoms with Gasteiger partial charge in [0, 0.05) is 23.6 Å². The van der Waals surface area contributed by atoms with Gasteiger partial charge in [-0.2, -0.15) is 0 Å². The lowest BCUT2D eigenvalue weighted by molar-refractivity contribution is 0.102. The highest BCUT2D eigenvalue weighted by Crippen LogP contribution is 2.18. The summed E-state index contributed by atoms with van der Waals surface area (Å²) in [7, 11) is 0. The zero-order valence-corrected chi connectivity index (χ0v) is 12.8. The molecule has 0 aliphatic rings. The van der Waals surface area contributed by atoms with Gasteiger partial charge in [0.2, 0.25) is 0 Å². The lowest BCUT2D eigenvalue weighted by Gasteiger charge is -2.08. The summed E-state index contributed by atoms with van der Waals surface area (Å²) in [5.41, 5.74) is 2.79. The lowest BCUT2D eigenvalue weighted by Crippen LogP contribution is -2.14. The number of aromatic nitrogens is 2. The molecule has 0 fully saturated rings. The van der Waals surface area contributed by atoms with Crippen molar-refractivity contribution in [1.29, 1.82) is 0 Å². The first-order valence-corrected chi connectivity index (χ1v) is 7.15. The van der Waals surface area contributed by atoms with Crippen molar-refractivity contribution in [3.8, 4) is 0 Å². The number of aryl methyl sites for hydroxylation is 2. The van der Waals surface area contributed by atoms with Crippen molar-refractivity contribution < 1.29 is 9.32 Å². The third-order valence-corrected chi connectivity index (χ3v) is 3.29. The number of nitrogens with zero attached hydrogens (tertiary/aromatic N) is 2. The van der Waals surface area contributed by atoms with E-state index in [1.807, 2.05) is 38.1 Å². The van der Waals surface area contributed by atoms with E-state index >= 15 is 0 Å². The fraction of sp³-hybridized carbons (Fsp3) is 0.118. The molecule has 116 valence electrons. The molecule has 2 aromatic heterocycles. The van der Waals surface area contributed by atoms with Gasteiger partial charge in [-0.05, 0) is 37.6 Å². The second-order valence-electron chi connectivity index (χ2n) is 5.15. The molecule has 23 heavy (non-hydrogen) atoms. The molecular weight excluding hydrogens is 292 g/mol. The molecule has 0 atom stereocenters. The molecule has 1 aromatic carbocycles. The molecule has 1 amide bonds. The van der Waals surface area contributed by atoms with Crippen molar-refractivity contribution in [3.63, 3.8) is 0 Å². The number of pyridine rings is 1. The largest absolute Gasteiger partial charge is 0.360 e. The molecular formula is C17H16N4O2. The van der Waals surface area contributed by atoms with Gasteiger partial charge in [-0.1, -0.05) is 23.4 Å². The van der Waals surface area contributed by atoms with Crippen molar-refractivity contribution in [2.24, 2.45) is 0 Å². The van der Waals surface area contributed by atoms with Gasteiger partial charge in [0.05, 0.1) is 0 Å². The Morgan fingerprint density at radius 1 is 1.13 bits per heavy atom. The van der Waals surface area contributed by atoms with Gasteiger partial charge in [-0.15, -0.1) is 0 Å². The number of carbonyl (C=O) groups excluding carboxylic acids is 1. The van der Waals surface area contributed by atoms with Crippen LogP contribution in [0, 0.1) is 13.8 Å². The Kier molecular flexibility index (Phi) is 4.05. The zero-order valence-electron chi connectivity index (χ0n) is 12.8. The molecule has 3 rings (SSSR count). The summed E-state index contributed by atoms with van der Waals surface area (Å²) >= 11 is 0. The molecule has 2 heterocycles. The van der Waals surface area contributed by atoms with Gasteiger partial charge in [-0.25, -0.2) is 0 Å². The predicted molar refractivity (Wildman–Crippen MR) is 87.9 cm³/mol. The third kappa shape index (κ3) is 3.55. The second kappa shape index (κ2) is 6.31. The zero-order chi connectivity index (χ0) is 16.2. The van der Waals surface area contributed by atoms with E-state index in [4.69, 9.17) is 4.52 Å². The van der Waals surface area contributed by atoms with Crippen LogP contribution in [0.1, 0.15) is 21.8 Å². The minimum absolute atomic E-state index is 0.265. The molecule has 2 N–H and O–H groups in total. The highest BCUT2D eigenvalue weighted by molar-refractivity contribution is 6.03. The maximum atomic E-state index is 12.3. The SMILES string of the molecule is Cc1cc(Nc2ccnc(C(=O)Nc3ccccc3C)c2)no1. The number of nitrogens with one attached hydrogen (secondary N) is 2. The maximum absolute atomic E-state index is 12.3. The molecule has 0 saturated heterocycles. The quantitative estimate of drug-likeness (QED) is 0.768. The normalized spacial score (nSPS) is 10.3. The minimum atomic E-state index is -0.265. The first kappa shape index (κ1) is 14.8. The Morgan fingerprint density at radius 2 is 1.96 bits per heavy atom. The van der Waals surface area contributed by atoms with Crippen LogP contribution in [0.2, 0.25) is 0 Å². The van der Waals surface area contributed by atoms with Crippen LogP contribution in [0.5, 0.6) is 0 Å². The molecule has 0 unspecified atom stereocenters. The van der Waals surface area contributed by atoms with E-state index in [-0.39, 0.29) is 5.91 Å². The molecule has 0 aliphatic carbocycles. The van der Waals surface area contributed by atoms with Crippen LogP contribution in [0.4, 0.5) is 17.2 Å². The van der Waals surface area contributed by atoms with Crippen molar-refractivity contribution in [2.45, 2.75) is 13.8 Å². The Morgan fingerprint density at radius 3 is 2.70 bits per heavy atom. The Balaban J connectivity index is 1.76. The summed E-state index contributed by atoms with van der Waals surface area (Å²) in [4.78, 5) is 16.5. The van der Waals surface area contributed by atoms with E-state index in [0.717, 1.165) is 11.3 Å². The monoisotopic (exact) mass is 308 g/mol. The van der Waals surface area contributed by atoms with Gasteiger partial charge in [0.1, 0.15) is 11.5 Å². The molecule has 0 saturated carbocycles. The molecule has 0 radical (unpaired) electrons. The van der Waals surface area contributed by atoms with Crippen molar-refractivity contribution in [1.82, 2.24) is 10.1 Å².